The van der Waals surface area contributed by atoms with E-state index in [-0.39, 0.29) is 12.5 Å². The van der Waals surface area contributed by atoms with E-state index in [2.05, 4.69) is 18.5 Å². The van der Waals surface area contributed by atoms with Gasteiger partial charge >= 0.3 is 0 Å². The Labute approximate surface area is 89.9 Å². The van der Waals surface area contributed by atoms with Crippen LogP contribution in [0, 0.1) is 5.92 Å². The molecule has 1 amide bonds. The lowest BCUT2D eigenvalue weighted by Crippen LogP contribution is -2.32. The average Bonchev–Trinajstić information content (AvgIpc) is 2.16. The van der Waals surface area contributed by atoms with E-state index < -0.39 is 0 Å². The fourth-order valence-corrected chi connectivity index (χ4v) is 1.62. The number of hydrogen-bond donors (Lipinski definition) is 2. The normalized spacial score (nSPS) is 12.5. The zero-order valence-electron chi connectivity index (χ0n) is 8.91. The summed E-state index contributed by atoms with van der Waals surface area (Å²) in [5.41, 5.74) is 5.22. The molecular weight excluding hydrogens is 200 g/mol. The van der Waals surface area contributed by atoms with Gasteiger partial charge in [-0.05, 0) is 17.9 Å². The molecule has 1 atom stereocenters. The Kier molecular flexibility index (Phi) is 9.13. The van der Waals surface area contributed by atoms with Crippen molar-refractivity contribution in [1.29, 1.82) is 0 Å². The molecular formula is C9H20N2O2S. The number of thioether (sulfide) groups is 1. The van der Waals surface area contributed by atoms with Crippen molar-refractivity contribution >= 4 is 17.7 Å². The molecule has 0 aromatic rings. The second-order valence-electron chi connectivity index (χ2n) is 3.21. The van der Waals surface area contributed by atoms with Crippen LogP contribution < -0.4 is 11.1 Å². The summed E-state index contributed by atoms with van der Waals surface area (Å²) in [5, 5.41) is 2.81. The lowest BCUT2D eigenvalue weighted by atomic mass is 10.2. The molecule has 14 heavy (non-hydrogen) atoms. The number of amides is 1. The van der Waals surface area contributed by atoms with E-state index in [1.807, 2.05) is 0 Å². The van der Waals surface area contributed by atoms with Crippen molar-refractivity contribution < 1.29 is 9.53 Å². The van der Waals surface area contributed by atoms with Gasteiger partial charge in [-0.2, -0.15) is 11.8 Å². The van der Waals surface area contributed by atoms with Crippen molar-refractivity contribution in [3.05, 3.63) is 0 Å². The van der Waals surface area contributed by atoms with Crippen LogP contribution in [0.25, 0.3) is 0 Å². The number of carbonyl (C=O) groups is 1. The van der Waals surface area contributed by atoms with Crippen LogP contribution in [-0.2, 0) is 9.53 Å². The van der Waals surface area contributed by atoms with E-state index in [1.165, 1.54) is 0 Å². The number of ether oxygens (including phenoxy) is 1. The molecule has 0 rings (SSSR count). The van der Waals surface area contributed by atoms with E-state index in [0.717, 1.165) is 5.75 Å². The van der Waals surface area contributed by atoms with Crippen molar-refractivity contribution in [3.8, 4) is 0 Å². The molecule has 0 aromatic carbocycles. The summed E-state index contributed by atoms with van der Waals surface area (Å²) in [6.45, 7) is 3.83. The minimum Gasteiger partial charge on any atom is -0.370 e. The van der Waals surface area contributed by atoms with E-state index in [0.29, 0.717) is 25.6 Å². The Hall–Kier alpha value is -0.260. The van der Waals surface area contributed by atoms with E-state index >= 15 is 0 Å². The quantitative estimate of drug-likeness (QED) is 0.569. The van der Waals surface area contributed by atoms with Gasteiger partial charge in [-0.15, -0.1) is 0 Å². The van der Waals surface area contributed by atoms with Crippen LogP contribution in [0.4, 0.5) is 0 Å². The highest BCUT2D eigenvalue weighted by Crippen LogP contribution is 2.02. The summed E-state index contributed by atoms with van der Waals surface area (Å²) in [7, 11) is 0. The van der Waals surface area contributed by atoms with E-state index in [4.69, 9.17) is 10.5 Å². The fraction of sp³-hybridized carbons (Fsp3) is 0.889. The molecule has 0 aromatic heterocycles. The molecule has 3 N–H and O–H groups in total. The molecule has 0 aliphatic heterocycles. The minimum atomic E-state index is -0.0635. The third-order valence-corrected chi connectivity index (χ3v) is 2.50. The van der Waals surface area contributed by atoms with E-state index in [9.17, 15) is 4.79 Å². The lowest BCUT2D eigenvalue weighted by Gasteiger charge is -2.10. The molecule has 0 fully saturated rings. The zero-order chi connectivity index (χ0) is 10.8. The van der Waals surface area contributed by atoms with Gasteiger partial charge in [0.1, 0.15) is 6.61 Å². The van der Waals surface area contributed by atoms with Gasteiger partial charge in [-0.1, -0.05) is 6.92 Å². The Morgan fingerprint density at radius 2 is 2.36 bits per heavy atom. The molecule has 0 radical (unpaired) electrons. The van der Waals surface area contributed by atoms with Crippen LogP contribution in [0.2, 0.25) is 0 Å². The molecule has 0 saturated carbocycles. The maximum absolute atomic E-state index is 11.1. The van der Waals surface area contributed by atoms with Crippen molar-refractivity contribution in [3.63, 3.8) is 0 Å². The number of hydrogen-bond acceptors (Lipinski definition) is 4. The molecule has 84 valence electrons. The van der Waals surface area contributed by atoms with Crippen LogP contribution in [0.3, 0.4) is 0 Å². The predicted molar refractivity (Wildman–Crippen MR) is 60.4 cm³/mol. The van der Waals surface area contributed by atoms with Crippen LogP contribution >= 0.6 is 11.8 Å². The lowest BCUT2D eigenvalue weighted by molar-refractivity contribution is -0.125. The summed E-state index contributed by atoms with van der Waals surface area (Å²) in [6, 6.07) is 0. The van der Waals surface area contributed by atoms with E-state index in [1.54, 1.807) is 11.8 Å². The fourth-order valence-electron chi connectivity index (χ4n) is 0.931. The largest absolute Gasteiger partial charge is 0.370 e. The molecule has 1 unspecified atom stereocenters. The maximum Gasteiger partial charge on any atom is 0.246 e. The highest BCUT2D eigenvalue weighted by Gasteiger charge is 2.04. The molecule has 0 saturated heterocycles. The molecule has 0 aliphatic rings. The zero-order valence-corrected chi connectivity index (χ0v) is 9.73. The van der Waals surface area contributed by atoms with Crippen molar-refractivity contribution in [1.82, 2.24) is 5.32 Å². The summed E-state index contributed by atoms with van der Waals surface area (Å²) in [4.78, 5) is 11.1. The van der Waals surface area contributed by atoms with Gasteiger partial charge in [0.05, 0.1) is 6.61 Å². The Balaban J connectivity index is 3.34. The summed E-state index contributed by atoms with van der Waals surface area (Å²) in [6.07, 6.45) is 2.06. The van der Waals surface area contributed by atoms with Crippen LogP contribution in [0.1, 0.15) is 6.92 Å². The number of rotatable bonds is 8. The van der Waals surface area contributed by atoms with Gasteiger partial charge in [-0.3, -0.25) is 4.79 Å². The van der Waals surface area contributed by atoms with Gasteiger partial charge in [-0.25, -0.2) is 0 Å². The summed E-state index contributed by atoms with van der Waals surface area (Å²) >= 11 is 1.78. The van der Waals surface area contributed by atoms with Crippen molar-refractivity contribution in [2.75, 3.05) is 38.3 Å². The van der Waals surface area contributed by atoms with Crippen LogP contribution in [0.15, 0.2) is 0 Å². The number of nitrogens with two attached hydrogens (primary N) is 1. The topological polar surface area (TPSA) is 64.3 Å². The highest BCUT2D eigenvalue weighted by atomic mass is 32.2. The molecule has 0 heterocycles. The maximum atomic E-state index is 11.1. The third-order valence-electron chi connectivity index (χ3n) is 1.59. The average molecular weight is 220 g/mol. The minimum absolute atomic E-state index is 0.0635. The first-order valence-electron chi connectivity index (χ1n) is 4.74. The van der Waals surface area contributed by atoms with Gasteiger partial charge < -0.3 is 15.8 Å². The molecule has 4 nitrogen and oxygen atoms in total. The Bertz CT molecular complexity index is 156. The first-order valence-corrected chi connectivity index (χ1v) is 6.13. The summed E-state index contributed by atoms with van der Waals surface area (Å²) in [5.74, 6) is 1.50. The van der Waals surface area contributed by atoms with Gasteiger partial charge in [0.2, 0.25) is 5.91 Å². The SMILES string of the molecule is CSCC(C)CNC(=O)COCCN. The summed E-state index contributed by atoms with van der Waals surface area (Å²) < 4.78 is 4.99. The number of nitrogens with one attached hydrogen (secondary N) is 1. The van der Waals surface area contributed by atoms with Gasteiger partial charge in [0.25, 0.3) is 0 Å². The smallest absolute Gasteiger partial charge is 0.246 e. The van der Waals surface area contributed by atoms with Crippen LogP contribution in [-0.4, -0.2) is 44.2 Å². The molecule has 0 spiro atoms. The first-order chi connectivity index (χ1) is 6.70. The van der Waals surface area contributed by atoms with Crippen LogP contribution in [0.5, 0.6) is 0 Å². The standard InChI is InChI=1S/C9H20N2O2S/c1-8(7-14-2)5-11-9(12)6-13-4-3-10/h8H,3-7,10H2,1-2H3,(H,11,12). The Morgan fingerprint density at radius 1 is 1.64 bits per heavy atom. The molecule has 0 aliphatic carbocycles. The second kappa shape index (κ2) is 9.30. The number of carbonyl (C=O) groups excluding carboxylic acids is 1. The van der Waals surface area contributed by atoms with Gasteiger partial charge in [0, 0.05) is 13.1 Å². The predicted octanol–water partition coefficient (Wildman–Crippen LogP) is 0.0770. The third kappa shape index (κ3) is 8.34. The molecule has 5 heteroatoms. The second-order valence-corrected chi connectivity index (χ2v) is 4.12. The van der Waals surface area contributed by atoms with Crippen molar-refractivity contribution in [2.45, 2.75) is 6.92 Å². The monoisotopic (exact) mass is 220 g/mol. The van der Waals surface area contributed by atoms with Crippen molar-refractivity contribution in [2.24, 2.45) is 11.7 Å². The first kappa shape index (κ1) is 13.7. The Morgan fingerprint density at radius 3 is 2.93 bits per heavy atom. The molecule has 0 bridgehead atoms. The highest BCUT2D eigenvalue weighted by molar-refractivity contribution is 7.98. The van der Waals surface area contributed by atoms with Gasteiger partial charge in [0.15, 0.2) is 0 Å².